The summed E-state index contributed by atoms with van der Waals surface area (Å²) in [6.07, 6.45) is 2.47. The molecule has 0 aliphatic rings. The number of ketones is 1. The molecule has 0 aliphatic heterocycles. The van der Waals surface area contributed by atoms with E-state index < -0.39 is 17.5 Å². The first-order chi connectivity index (χ1) is 9.08. The van der Waals surface area contributed by atoms with E-state index in [0.717, 1.165) is 18.4 Å². The van der Waals surface area contributed by atoms with Crippen LogP contribution in [0.1, 0.15) is 30.9 Å². The molecule has 0 radical (unpaired) electrons. The topological polar surface area (TPSA) is 87.0 Å². The molecule has 2 N–H and O–H groups in total. The number of rotatable bonds is 7. The average Bonchev–Trinajstić information content (AvgIpc) is 2.37. The lowest BCUT2D eigenvalue weighted by molar-refractivity contribution is -0.130. The van der Waals surface area contributed by atoms with Gasteiger partial charge in [0.1, 0.15) is 0 Å². The average molecular weight is 263 g/mol. The van der Waals surface area contributed by atoms with E-state index in [1.807, 2.05) is 24.3 Å². The molecule has 0 unspecified atom stereocenters. The lowest BCUT2D eigenvalue weighted by Gasteiger charge is -2.04. The van der Waals surface area contributed by atoms with Gasteiger partial charge in [-0.1, -0.05) is 42.8 Å². The first-order valence-electron chi connectivity index (χ1n) is 6.14. The number of carboxylic acids is 1. The molecule has 5 nitrogen and oxygen atoms in total. The lowest BCUT2D eigenvalue weighted by Crippen LogP contribution is -2.24. The molecule has 0 atom stereocenters. The minimum absolute atomic E-state index is 0.0152. The van der Waals surface area contributed by atoms with Crippen molar-refractivity contribution in [2.45, 2.75) is 32.6 Å². The zero-order valence-corrected chi connectivity index (χ0v) is 10.8. The molecule has 19 heavy (non-hydrogen) atoms. The Morgan fingerprint density at radius 2 is 1.84 bits per heavy atom. The summed E-state index contributed by atoms with van der Waals surface area (Å²) in [7, 11) is 0. The summed E-state index contributed by atoms with van der Waals surface area (Å²) in [5, 5.41) is 19.6. The van der Waals surface area contributed by atoms with Gasteiger partial charge < -0.3 is 10.3 Å². The Hall–Kier alpha value is -2.17. The molecule has 0 aliphatic carbocycles. The maximum atomic E-state index is 11.5. The van der Waals surface area contributed by atoms with Gasteiger partial charge in [-0.15, -0.1) is 0 Å². The van der Waals surface area contributed by atoms with Crippen molar-refractivity contribution in [1.29, 1.82) is 0 Å². The predicted octanol–water partition coefficient (Wildman–Crippen LogP) is 2.06. The number of benzene rings is 1. The zero-order chi connectivity index (χ0) is 14.3. The van der Waals surface area contributed by atoms with Crippen molar-refractivity contribution in [1.82, 2.24) is 0 Å². The van der Waals surface area contributed by atoms with Crippen LogP contribution >= 0.6 is 0 Å². The van der Waals surface area contributed by atoms with E-state index in [1.165, 1.54) is 5.56 Å². The first kappa shape index (κ1) is 14.9. The highest BCUT2D eigenvalue weighted by atomic mass is 16.4. The van der Waals surface area contributed by atoms with Gasteiger partial charge in [-0.2, -0.15) is 0 Å². The SMILES string of the molecule is CCCc1cccc(CCC(=O)C(=NO)C(=O)O)c1. The molecule has 1 rings (SSSR count). The number of aryl methyl sites for hydroxylation is 2. The van der Waals surface area contributed by atoms with Crippen LogP contribution in [0.15, 0.2) is 29.4 Å². The van der Waals surface area contributed by atoms with Gasteiger partial charge in [0, 0.05) is 6.42 Å². The number of hydrogen-bond acceptors (Lipinski definition) is 4. The van der Waals surface area contributed by atoms with Crippen LogP contribution in [0, 0.1) is 0 Å². The third kappa shape index (κ3) is 4.54. The molecule has 0 spiro atoms. The van der Waals surface area contributed by atoms with Crippen LogP contribution in [0.4, 0.5) is 0 Å². The van der Waals surface area contributed by atoms with Crippen molar-refractivity contribution in [2.24, 2.45) is 5.16 Å². The second kappa shape index (κ2) is 7.31. The minimum Gasteiger partial charge on any atom is -0.476 e. The lowest BCUT2D eigenvalue weighted by atomic mass is 10.0. The zero-order valence-electron chi connectivity index (χ0n) is 10.8. The highest BCUT2D eigenvalue weighted by Gasteiger charge is 2.19. The predicted molar refractivity (Wildman–Crippen MR) is 70.6 cm³/mol. The Morgan fingerprint density at radius 3 is 2.37 bits per heavy atom. The molecule has 1 aromatic rings. The van der Waals surface area contributed by atoms with Gasteiger partial charge >= 0.3 is 5.97 Å². The smallest absolute Gasteiger partial charge is 0.361 e. The molecule has 102 valence electrons. The number of carboxylic acid groups (broad SMARTS) is 1. The van der Waals surface area contributed by atoms with E-state index >= 15 is 0 Å². The maximum absolute atomic E-state index is 11.5. The summed E-state index contributed by atoms with van der Waals surface area (Å²) in [4.78, 5) is 22.1. The summed E-state index contributed by atoms with van der Waals surface area (Å²) in [5.74, 6) is -2.18. The molecule has 5 heteroatoms. The second-order valence-corrected chi connectivity index (χ2v) is 4.25. The molecular weight excluding hydrogens is 246 g/mol. The quantitative estimate of drug-likeness (QED) is 0.341. The Labute approximate surface area is 111 Å². The molecule has 1 aromatic carbocycles. The van der Waals surface area contributed by atoms with Crippen molar-refractivity contribution < 1.29 is 19.9 Å². The third-order valence-corrected chi connectivity index (χ3v) is 2.74. The molecule has 0 bridgehead atoms. The fraction of sp³-hybridized carbons (Fsp3) is 0.357. The Morgan fingerprint density at radius 1 is 1.21 bits per heavy atom. The maximum Gasteiger partial charge on any atom is 0.361 e. The van der Waals surface area contributed by atoms with Gasteiger partial charge in [-0.3, -0.25) is 4.79 Å². The molecule has 0 amide bonds. The van der Waals surface area contributed by atoms with E-state index in [9.17, 15) is 9.59 Å². The Balaban J connectivity index is 2.64. The largest absolute Gasteiger partial charge is 0.476 e. The van der Waals surface area contributed by atoms with Crippen molar-refractivity contribution in [3.05, 3.63) is 35.4 Å². The van der Waals surface area contributed by atoms with Crippen molar-refractivity contribution >= 4 is 17.5 Å². The fourth-order valence-corrected chi connectivity index (χ4v) is 1.82. The van der Waals surface area contributed by atoms with Crippen LogP contribution in [-0.2, 0) is 22.4 Å². The molecule has 0 fully saturated rings. The molecule has 0 saturated heterocycles. The standard InChI is InChI=1S/C14H17NO4/c1-2-4-10-5-3-6-11(9-10)7-8-12(16)13(15-19)14(17)18/h3,5-6,9,19H,2,4,7-8H2,1H3,(H,17,18). The van der Waals surface area contributed by atoms with Gasteiger partial charge in [0.15, 0.2) is 5.78 Å². The van der Waals surface area contributed by atoms with Crippen molar-refractivity contribution in [3.63, 3.8) is 0 Å². The summed E-state index contributed by atoms with van der Waals surface area (Å²) in [6.45, 7) is 2.09. The third-order valence-electron chi connectivity index (χ3n) is 2.74. The number of aliphatic carboxylic acids is 1. The van der Waals surface area contributed by atoms with E-state index in [0.29, 0.717) is 6.42 Å². The number of oxime groups is 1. The summed E-state index contributed by atoms with van der Waals surface area (Å²) >= 11 is 0. The van der Waals surface area contributed by atoms with Crippen LogP contribution in [-0.4, -0.2) is 27.8 Å². The molecule has 0 saturated carbocycles. The van der Waals surface area contributed by atoms with Crippen molar-refractivity contribution in [3.8, 4) is 0 Å². The number of Topliss-reactive ketones (excluding diaryl/α,β-unsaturated/α-hetero) is 1. The highest BCUT2D eigenvalue weighted by molar-refractivity contribution is 6.63. The molecule has 0 aromatic heterocycles. The number of hydrogen-bond donors (Lipinski definition) is 2. The van der Waals surface area contributed by atoms with Gasteiger partial charge in [0.25, 0.3) is 0 Å². The highest BCUT2D eigenvalue weighted by Crippen LogP contribution is 2.10. The Kier molecular flexibility index (Phi) is 5.73. The summed E-state index contributed by atoms with van der Waals surface area (Å²) in [5.41, 5.74) is 1.36. The summed E-state index contributed by atoms with van der Waals surface area (Å²) < 4.78 is 0. The number of carbonyl (C=O) groups is 2. The van der Waals surface area contributed by atoms with Crippen LogP contribution in [0.2, 0.25) is 0 Å². The second-order valence-electron chi connectivity index (χ2n) is 4.25. The molecule has 0 heterocycles. The summed E-state index contributed by atoms with van der Waals surface area (Å²) in [6, 6.07) is 7.84. The van der Waals surface area contributed by atoms with Crippen LogP contribution in [0.5, 0.6) is 0 Å². The first-order valence-corrected chi connectivity index (χ1v) is 6.14. The molecular formula is C14H17NO4. The Bertz CT molecular complexity index is 494. The van der Waals surface area contributed by atoms with E-state index in [2.05, 4.69) is 12.1 Å². The van der Waals surface area contributed by atoms with Crippen LogP contribution < -0.4 is 0 Å². The van der Waals surface area contributed by atoms with Crippen molar-refractivity contribution in [2.75, 3.05) is 0 Å². The number of carbonyl (C=O) groups excluding carboxylic acids is 1. The minimum atomic E-state index is -1.51. The number of nitrogens with zero attached hydrogens (tertiary/aromatic N) is 1. The van der Waals surface area contributed by atoms with Gasteiger partial charge in [-0.05, 0) is 24.0 Å². The van der Waals surface area contributed by atoms with E-state index in [1.54, 1.807) is 0 Å². The van der Waals surface area contributed by atoms with E-state index in [4.69, 9.17) is 10.3 Å². The van der Waals surface area contributed by atoms with Gasteiger partial charge in [0.2, 0.25) is 5.71 Å². The van der Waals surface area contributed by atoms with E-state index in [-0.39, 0.29) is 6.42 Å². The van der Waals surface area contributed by atoms with Gasteiger partial charge in [0.05, 0.1) is 0 Å². The fourth-order valence-electron chi connectivity index (χ4n) is 1.82. The van der Waals surface area contributed by atoms with Gasteiger partial charge in [-0.25, -0.2) is 4.79 Å². The monoisotopic (exact) mass is 263 g/mol. The van der Waals surface area contributed by atoms with Crippen LogP contribution in [0.25, 0.3) is 0 Å². The van der Waals surface area contributed by atoms with Crippen LogP contribution in [0.3, 0.4) is 0 Å². The normalized spacial score (nSPS) is 11.3.